The van der Waals surface area contributed by atoms with Crippen LogP contribution in [-0.2, 0) is 0 Å². The summed E-state index contributed by atoms with van der Waals surface area (Å²) >= 11 is 0. The lowest BCUT2D eigenvalue weighted by atomic mass is 10.0. The van der Waals surface area contributed by atoms with Crippen LogP contribution in [0.15, 0.2) is 12.1 Å². The summed E-state index contributed by atoms with van der Waals surface area (Å²) in [7, 11) is 8.58. The lowest BCUT2D eigenvalue weighted by Crippen LogP contribution is -2.46. The molecule has 2 aliphatic heterocycles. The molecule has 0 amide bonds. The van der Waals surface area contributed by atoms with E-state index in [-0.39, 0.29) is 0 Å². The molecule has 3 heterocycles. The van der Waals surface area contributed by atoms with Crippen LogP contribution in [0.2, 0.25) is 0 Å². The highest BCUT2D eigenvalue weighted by molar-refractivity contribution is 5.59. The Bertz CT molecular complexity index is 650. The minimum Gasteiger partial charge on any atom is -0.355 e. The molecule has 0 aromatic carbocycles. The Morgan fingerprint density at radius 1 is 0.962 bits per heavy atom. The summed E-state index contributed by atoms with van der Waals surface area (Å²) in [5.74, 6) is 1.88. The quantitative estimate of drug-likeness (QED) is 0.823. The van der Waals surface area contributed by atoms with Crippen LogP contribution in [0.5, 0.6) is 0 Å². The van der Waals surface area contributed by atoms with E-state index < -0.39 is 0 Å². The SMILES string of the molecule is CN(C)C1CCCN(c2ccc(C#N)c(N3CCCC(N(C)C)C3)n2)C1. The van der Waals surface area contributed by atoms with Crippen LogP contribution >= 0.6 is 0 Å². The molecule has 26 heavy (non-hydrogen) atoms. The smallest absolute Gasteiger partial charge is 0.149 e. The average molecular weight is 357 g/mol. The molecule has 2 saturated heterocycles. The summed E-state index contributed by atoms with van der Waals surface area (Å²) in [6, 6.07) is 7.41. The number of hydrogen-bond donors (Lipinski definition) is 0. The maximum absolute atomic E-state index is 9.59. The highest BCUT2D eigenvalue weighted by atomic mass is 15.3. The first-order valence-corrected chi connectivity index (χ1v) is 9.73. The van der Waals surface area contributed by atoms with Crippen LogP contribution in [0.4, 0.5) is 11.6 Å². The van der Waals surface area contributed by atoms with Crippen molar-refractivity contribution < 1.29 is 0 Å². The number of nitrogens with zero attached hydrogens (tertiary/aromatic N) is 6. The van der Waals surface area contributed by atoms with Crippen LogP contribution in [0.1, 0.15) is 31.2 Å². The Morgan fingerprint density at radius 3 is 2.12 bits per heavy atom. The van der Waals surface area contributed by atoms with Gasteiger partial charge in [0, 0.05) is 38.3 Å². The van der Waals surface area contributed by atoms with E-state index in [1.165, 1.54) is 19.3 Å². The van der Waals surface area contributed by atoms with E-state index in [1.807, 2.05) is 12.1 Å². The van der Waals surface area contributed by atoms with Crippen molar-refractivity contribution in [2.24, 2.45) is 0 Å². The first-order chi connectivity index (χ1) is 12.5. The average Bonchev–Trinajstić information content (AvgIpc) is 2.67. The molecule has 2 unspecified atom stereocenters. The Morgan fingerprint density at radius 2 is 1.54 bits per heavy atom. The van der Waals surface area contributed by atoms with E-state index in [0.29, 0.717) is 17.6 Å². The molecular formula is C20H32N6. The molecule has 3 rings (SSSR count). The second kappa shape index (κ2) is 8.24. The Balaban J connectivity index is 1.84. The summed E-state index contributed by atoms with van der Waals surface area (Å²) < 4.78 is 0. The molecule has 0 spiro atoms. The maximum atomic E-state index is 9.59. The topological polar surface area (TPSA) is 49.6 Å². The van der Waals surface area contributed by atoms with E-state index in [4.69, 9.17) is 4.98 Å². The number of anilines is 2. The summed E-state index contributed by atoms with van der Waals surface area (Å²) in [5.41, 5.74) is 0.689. The van der Waals surface area contributed by atoms with Gasteiger partial charge in [0.2, 0.25) is 0 Å². The minimum absolute atomic E-state index is 0.522. The fourth-order valence-corrected chi connectivity index (χ4v) is 4.10. The number of hydrogen-bond acceptors (Lipinski definition) is 6. The lowest BCUT2D eigenvalue weighted by molar-refractivity contribution is 0.256. The van der Waals surface area contributed by atoms with Crippen molar-refractivity contribution in [1.82, 2.24) is 14.8 Å². The number of rotatable bonds is 4. The molecule has 2 atom stereocenters. The van der Waals surface area contributed by atoms with Crippen molar-refractivity contribution in [2.45, 2.75) is 37.8 Å². The number of aromatic nitrogens is 1. The summed E-state index contributed by atoms with van der Waals surface area (Å²) in [4.78, 5) is 14.3. The number of nitriles is 1. The zero-order valence-corrected chi connectivity index (χ0v) is 16.6. The number of piperidine rings is 2. The predicted octanol–water partition coefficient (Wildman–Crippen LogP) is 2.01. The summed E-state index contributed by atoms with van der Waals surface area (Å²) in [6.07, 6.45) is 4.78. The molecular weight excluding hydrogens is 324 g/mol. The van der Waals surface area contributed by atoms with Crippen LogP contribution in [0.3, 0.4) is 0 Å². The van der Waals surface area contributed by atoms with Crippen molar-refractivity contribution in [3.05, 3.63) is 17.7 Å². The third kappa shape index (κ3) is 4.11. The molecule has 0 aliphatic carbocycles. The standard InChI is InChI=1S/C20H32N6/c1-23(2)17-7-5-11-25(14-17)19-10-9-16(13-21)20(22-19)26-12-6-8-18(15-26)24(3)4/h9-10,17-18H,5-8,11-12,14-15H2,1-4H3. The highest BCUT2D eigenvalue weighted by Crippen LogP contribution is 2.28. The van der Waals surface area contributed by atoms with Gasteiger partial charge in [-0.2, -0.15) is 5.26 Å². The Labute approximate surface area is 158 Å². The van der Waals surface area contributed by atoms with Gasteiger partial charge in [0.15, 0.2) is 0 Å². The zero-order chi connectivity index (χ0) is 18.7. The highest BCUT2D eigenvalue weighted by Gasteiger charge is 2.26. The monoisotopic (exact) mass is 356 g/mol. The number of pyridine rings is 1. The predicted molar refractivity (Wildman–Crippen MR) is 107 cm³/mol. The second-order valence-electron chi connectivity index (χ2n) is 8.06. The van der Waals surface area contributed by atoms with E-state index in [1.54, 1.807) is 0 Å². The van der Waals surface area contributed by atoms with Gasteiger partial charge >= 0.3 is 0 Å². The molecule has 1 aromatic heterocycles. The molecule has 6 heteroatoms. The normalized spacial score (nSPS) is 24.2. The van der Waals surface area contributed by atoms with Gasteiger partial charge in [-0.1, -0.05) is 0 Å². The Hall–Kier alpha value is -1.84. The molecule has 0 N–H and O–H groups in total. The summed E-state index contributed by atoms with van der Waals surface area (Å²) in [6.45, 7) is 3.98. The van der Waals surface area contributed by atoms with E-state index in [9.17, 15) is 5.26 Å². The van der Waals surface area contributed by atoms with Crippen molar-refractivity contribution in [3.63, 3.8) is 0 Å². The molecule has 0 radical (unpaired) electrons. The Kier molecular flexibility index (Phi) is 6.00. The van der Waals surface area contributed by atoms with E-state index in [0.717, 1.165) is 44.2 Å². The fraction of sp³-hybridized carbons (Fsp3) is 0.700. The first-order valence-electron chi connectivity index (χ1n) is 9.73. The zero-order valence-electron chi connectivity index (χ0n) is 16.6. The second-order valence-corrected chi connectivity index (χ2v) is 8.06. The van der Waals surface area contributed by atoms with Crippen LogP contribution in [0, 0.1) is 11.3 Å². The van der Waals surface area contributed by atoms with Gasteiger partial charge in [-0.05, 0) is 66.0 Å². The molecule has 1 aromatic rings. The van der Waals surface area contributed by atoms with Crippen LogP contribution < -0.4 is 9.80 Å². The van der Waals surface area contributed by atoms with Gasteiger partial charge in [0.05, 0.1) is 5.56 Å². The van der Waals surface area contributed by atoms with Gasteiger partial charge in [-0.15, -0.1) is 0 Å². The van der Waals surface area contributed by atoms with Gasteiger partial charge in [-0.3, -0.25) is 0 Å². The summed E-state index contributed by atoms with van der Waals surface area (Å²) in [5, 5.41) is 9.59. The fourth-order valence-electron chi connectivity index (χ4n) is 4.10. The third-order valence-electron chi connectivity index (χ3n) is 5.86. The van der Waals surface area contributed by atoms with Gasteiger partial charge < -0.3 is 19.6 Å². The minimum atomic E-state index is 0.522. The molecule has 142 valence electrons. The molecule has 6 nitrogen and oxygen atoms in total. The van der Waals surface area contributed by atoms with Crippen molar-refractivity contribution in [2.75, 3.05) is 64.2 Å². The molecule has 0 saturated carbocycles. The lowest BCUT2D eigenvalue weighted by Gasteiger charge is -2.39. The van der Waals surface area contributed by atoms with Crippen molar-refractivity contribution in [3.8, 4) is 6.07 Å². The largest absolute Gasteiger partial charge is 0.355 e. The van der Waals surface area contributed by atoms with E-state index >= 15 is 0 Å². The maximum Gasteiger partial charge on any atom is 0.149 e. The molecule has 2 fully saturated rings. The molecule has 2 aliphatic rings. The van der Waals surface area contributed by atoms with Crippen LogP contribution in [-0.4, -0.2) is 81.2 Å². The van der Waals surface area contributed by atoms with Crippen LogP contribution in [0.25, 0.3) is 0 Å². The molecule has 0 bridgehead atoms. The van der Waals surface area contributed by atoms with Gasteiger partial charge in [0.1, 0.15) is 17.7 Å². The number of likely N-dealkylation sites (N-methyl/N-ethyl adjacent to an activating group) is 2. The first kappa shape index (κ1) is 18.9. The van der Waals surface area contributed by atoms with E-state index in [2.05, 4.69) is 53.9 Å². The van der Waals surface area contributed by atoms with Crippen molar-refractivity contribution in [1.29, 1.82) is 5.26 Å². The third-order valence-corrected chi connectivity index (χ3v) is 5.86. The van der Waals surface area contributed by atoms with Gasteiger partial charge in [0.25, 0.3) is 0 Å². The van der Waals surface area contributed by atoms with Crippen molar-refractivity contribution >= 4 is 11.6 Å². The van der Waals surface area contributed by atoms with Gasteiger partial charge in [-0.25, -0.2) is 4.98 Å².